The lowest BCUT2D eigenvalue weighted by molar-refractivity contribution is 0.0451. The van der Waals surface area contributed by atoms with Crippen LogP contribution in [-0.4, -0.2) is 32.6 Å². The highest BCUT2D eigenvalue weighted by atomic mass is 16.5. The molecule has 2 aromatic heterocycles. The Labute approximate surface area is 124 Å². The Morgan fingerprint density at radius 2 is 2.10 bits per heavy atom. The molecule has 0 aliphatic rings. The van der Waals surface area contributed by atoms with E-state index in [0.29, 0.717) is 24.8 Å². The van der Waals surface area contributed by atoms with Gasteiger partial charge in [0.15, 0.2) is 5.69 Å². The SMILES string of the molecule is Cc1cccc(Cn2nnc(C(=O)OCC(C)C)c2C)n1. The lowest BCUT2D eigenvalue weighted by Gasteiger charge is -2.06. The average molecular weight is 288 g/mol. The summed E-state index contributed by atoms with van der Waals surface area (Å²) in [5, 5.41) is 7.94. The van der Waals surface area contributed by atoms with Crippen LogP contribution in [-0.2, 0) is 11.3 Å². The summed E-state index contributed by atoms with van der Waals surface area (Å²) in [4.78, 5) is 16.4. The largest absolute Gasteiger partial charge is 0.461 e. The molecule has 0 aliphatic carbocycles. The van der Waals surface area contributed by atoms with Crippen molar-refractivity contribution in [3.8, 4) is 0 Å². The first-order valence-corrected chi connectivity index (χ1v) is 6.97. The number of hydrogen-bond acceptors (Lipinski definition) is 5. The molecular weight excluding hydrogens is 268 g/mol. The Morgan fingerprint density at radius 3 is 2.76 bits per heavy atom. The maximum atomic E-state index is 11.9. The fourth-order valence-electron chi connectivity index (χ4n) is 1.85. The van der Waals surface area contributed by atoms with Crippen molar-refractivity contribution in [2.45, 2.75) is 34.2 Å². The minimum Gasteiger partial charge on any atom is -0.461 e. The van der Waals surface area contributed by atoms with Gasteiger partial charge in [-0.25, -0.2) is 9.48 Å². The predicted molar refractivity (Wildman–Crippen MR) is 78.0 cm³/mol. The molecule has 6 nitrogen and oxygen atoms in total. The lowest BCUT2D eigenvalue weighted by atomic mass is 10.2. The molecule has 0 amide bonds. The molecule has 0 unspecified atom stereocenters. The maximum Gasteiger partial charge on any atom is 0.360 e. The van der Waals surface area contributed by atoms with E-state index in [0.717, 1.165) is 11.4 Å². The molecule has 0 fully saturated rings. The molecular formula is C15H20N4O2. The summed E-state index contributed by atoms with van der Waals surface area (Å²) in [5.74, 6) is -0.134. The van der Waals surface area contributed by atoms with Crippen molar-refractivity contribution in [2.75, 3.05) is 6.61 Å². The van der Waals surface area contributed by atoms with E-state index in [4.69, 9.17) is 4.74 Å². The molecule has 21 heavy (non-hydrogen) atoms. The molecule has 2 aromatic rings. The number of aromatic nitrogens is 4. The van der Waals surface area contributed by atoms with Gasteiger partial charge in [0.25, 0.3) is 0 Å². The van der Waals surface area contributed by atoms with Gasteiger partial charge < -0.3 is 4.74 Å². The maximum absolute atomic E-state index is 11.9. The van der Waals surface area contributed by atoms with Crippen LogP contribution in [0.2, 0.25) is 0 Å². The molecule has 6 heteroatoms. The zero-order valence-corrected chi connectivity index (χ0v) is 12.8. The van der Waals surface area contributed by atoms with Gasteiger partial charge in [-0.1, -0.05) is 25.1 Å². The number of pyridine rings is 1. The minimum absolute atomic E-state index is 0.267. The van der Waals surface area contributed by atoms with Crippen molar-refractivity contribution in [3.05, 3.63) is 41.0 Å². The molecule has 2 rings (SSSR count). The number of carbonyl (C=O) groups is 1. The number of nitrogens with zero attached hydrogens (tertiary/aromatic N) is 4. The van der Waals surface area contributed by atoms with Gasteiger partial charge in [-0.15, -0.1) is 5.10 Å². The summed E-state index contributed by atoms with van der Waals surface area (Å²) in [7, 11) is 0. The van der Waals surface area contributed by atoms with E-state index in [1.54, 1.807) is 4.68 Å². The van der Waals surface area contributed by atoms with E-state index < -0.39 is 5.97 Å². The normalized spacial score (nSPS) is 10.9. The van der Waals surface area contributed by atoms with Crippen molar-refractivity contribution in [1.82, 2.24) is 20.0 Å². The van der Waals surface area contributed by atoms with Crippen molar-refractivity contribution in [2.24, 2.45) is 5.92 Å². The predicted octanol–water partition coefficient (Wildman–Crippen LogP) is 2.15. The van der Waals surface area contributed by atoms with Crippen LogP contribution < -0.4 is 0 Å². The molecule has 0 atom stereocenters. The molecule has 0 bridgehead atoms. The van der Waals surface area contributed by atoms with Crippen molar-refractivity contribution < 1.29 is 9.53 Å². The monoisotopic (exact) mass is 288 g/mol. The van der Waals surface area contributed by atoms with Crippen LogP contribution in [0.4, 0.5) is 0 Å². The quantitative estimate of drug-likeness (QED) is 0.788. The van der Waals surface area contributed by atoms with Crippen molar-refractivity contribution in [3.63, 3.8) is 0 Å². The van der Waals surface area contributed by atoms with Crippen molar-refractivity contribution in [1.29, 1.82) is 0 Å². The lowest BCUT2D eigenvalue weighted by Crippen LogP contribution is -2.12. The topological polar surface area (TPSA) is 69.9 Å². The third-order valence-corrected chi connectivity index (χ3v) is 2.98. The smallest absolute Gasteiger partial charge is 0.360 e. The van der Waals surface area contributed by atoms with Crippen LogP contribution in [0.15, 0.2) is 18.2 Å². The highest BCUT2D eigenvalue weighted by molar-refractivity contribution is 5.88. The minimum atomic E-state index is -0.426. The van der Waals surface area contributed by atoms with E-state index in [1.165, 1.54) is 0 Å². The van der Waals surface area contributed by atoms with Crippen LogP contribution in [0, 0.1) is 19.8 Å². The fourth-order valence-corrected chi connectivity index (χ4v) is 1.85. The molecule has 2 heterocycles. The van der Waals surface area contributed by atoms with Gasteiger partial charge in [-0.3, -0.25) is 4.98 Å². The van der Waals surface area contributed by atoms with Gasteiger partial charge in [0.2, 0.25) is 0 Å². The number of aryl methyl sites for hydroxylation is 1. The summed E-state index contributed by atoms with van der Waals surface area (Å²) in [6, 6.07) is 5.80. The third kappa shape index (κ3) is 3.87. The van der Waals surface area contributed by atoms with E-state index in [2.05, 4.69) is 15.3 Å². The highest BCUT2D eigenvalue weighted by Crippen LogP contribution is 2.09. The molecule has 0 spiro atoms. The zero-order chi connectivity index (χ0) is 15.4. The first-order valence-electron chi connectivity index (χ1n) is 6.97. The number of ether oxygens (including phenoxy) is 1. The van der Waals surface area contributed by atoms with E-state index >= 15 is 0 Å². The molecule has 0 radical (unpaired) electrons. The standard InChI is InChI=1S/C15H20N4O2/c1-10(2)9-21-15(20)14-12(4)19(18-17-14)8-13-7-5-6-11(3)16-13/h5-7,10H,8-9H2,1-4H3. The highest BCUT2D eigenvalue weighted by Gasteiger charge is 2.18. The molecule has 0 saturated carbocycles. The van der Waals surface area contributed by atoms with Gasteiger partial charge >= 0.3 is 5.97 Å². The van der Waals surface area contributed by atoms with Crippen LogP contribution >= 0.6 is 0 Å². The second kappa shape index (κ2) is 6.47. The van der Waals surface area contributed by atoms with Gasteiger partial charge in [0.1, 0.15) is 0 Å². The van der Waals surface area contributed by atoms with Crippen LogP contribution in [0.3, 0.4) is 0 Å². The number of rotatable bonds is 5. The van der Waals surface area contributed by atoms with Crippen LogP contribution in [0.1, 0.15) is 41.4 Å². The molecule has 112 valence electrons. The van der Waals surface area contributed by atoms with Crippen molar-refractivity contribution >= 4 is 5.97 Å². The Balaban J connectivity index is 2.11. The Morgan fingerprint density at radius 1 is 1.33 bits per heavy atom. The summed E-state index contributed by atoms with van der Waals surface area (Å²) >= 11 is 0. The Hall–Kier alpha value is -2.24. The number of hydrogen-bond donors (Lipinski definition) is 0. The number of esters is 1. The molecule has 0 aliphatic heterocycles. The second-order valence-electron chi connectivity index (χ2n) is 5.44. The van der Waals surface area contributed by atoms with E-state index in [-0.39, 0.29) is 5.69 Å². The zero-order valence-electron chi connectivity index (χ0n) is 12.8. The summed E-state index contributed by atoms with van der Waals surface area (Å²) in [5.41, 5.74) is 2.78. The first kappa shape index (κ1) is 15.2. The summed E-state index contributed by atoms with van der Waals surface area (Å²) < 4.78 is 6.84. The van der Waals surface area contributed by atoms with Gasteiger partial charge in [-0.05, 0) is 31.9 Å². The molecule has 0 saturated heterocycles. The summed E-state index contributed by atoms with van der Waals surface area (Å²) in [6.07, 6.45) is 0. The number of carbonyl (C=O) groups excluding carboxylic acids is 1. The van der Waals surface area contributed by atoms with Crippen LogP contribution in [0.25, 0.3) is 0 Å². The van der Waals surface area contributed by atoms with E-state index in [1.807, 2.05) is 45.9 Å². The average Bonchev–Trinajstić information content (AvgIpc) is 2.78. The second-order valence-corrected chi connectivity index (χ2v) is 5.44. The van der Waals surface area contributed by atoms with Crippen LogP contribution in [0.5, 0.6) is 0 Å². The fraction of sp³-hybridized carbons (Fsp3) is 0.467. The molecule has 0 N–H and O–H groups in total. The Bertz CT molecular complexity index is 634. The first-order chi connectivity index (χ1) is 9.97. The summed E-state index contributed by atoms with van der Waals surface area (Å²) in [6.45, 7) is 8.58. The van der Waals surface area contributed by atoms with Gasteiger partial charge in [-0.2, -0.15) is 0 Å². The van der Waals surface area contributed by atoms with Gasteiger partial charge in [0, 0.05) is 5.69 Å². The molecule has 0 aromatic carbocycles. The third-order valence-electron chi connectivity index (χ3n) is 2.98. The van der Waals surface area contributed by atoms with Gasteiger partial charge in [0.05, 0.1) is 24.5 Å². The Kier molecular flexibility index (Phi) is 4.67. The van der Waals surface area contributed by atoms with E-state index in [9.17, 15) is 4.79 Å².